The minimum Gasteiger partial charge on any atom is -0.379 e. The summed E-state index contributed by atoms with van der Waals surface area (Å²) >= 11 is 0. The van der Waals surface area contributed by atoms with Gasteiger partial charge in [0.25, 0.3) is 0 Å². The Morgan fingerprint density at radius 2 is 1.92 bits per heavy atom. The molecule has 0 radical (unpaired) electrons. The Kier molecular flexibility index (Phi) is 4.57. The summed E-state index contributed by atoms with van der Waals surface area (Å²) in [5, 5.41) is 3.35. The van der Waals surface area contributed by atoms with Crippen LogP contribution in [0.3, 0.4) is 0 Å². The summed E-state index contributed by atoms with van der Waals surface area (Å²) < 4.78 is 5.37. The van der Waals surface area contributed by atoms with E-state index in [-0.39, 0.29) is 0 Å². The van der Waals surface area contributed by atoms with E-state index < -0.39 is 0 Å². The number of benzene rings is 1. The van der Waals surface area contributed by atoms with Gasteiger partial charge in [0.05, 0.1) is 30.8 Å². The highest BCUT2D eigenvalue weighted by molar-refractivity contribution is 5.68. The molecular formula is C18H23N5O. The van der Waals surface area contributed by atoms with Crippen molar-refractivity contribution in [2.45, 2.75) is 6.42 Å². The lowest BCUT2D eigenvalue weighted by Gasteiger charge is -2.26. The van der Waals surface area contributed by atoms with Gasteiger partial charge in [-0.2, -0.15) is 0 Å². The second kappa shape index (κ2) is 7.15. The maximum Gasteiger partial charge on any atom is 0.223 e. The van der Waals surface area contributed by atoms with Crippen molar-refractivity contribution < 1.29 is 4.74 Å². The number of rotatable bonds is 5. The molecule has 2 aliphatic heterocycles. The first-order valence-electron chi connectivity index (χ1n) is 8.62. The number of ether oxygens (including phenoxy) is 1. The monoisotopic (exact) mass is 325 g/mol. The molecule has 2 aromatic rings. The van der Waals surface area contributed by atoms with Gasteiger partial charge in [-0.25, -0.2) is 9.97 Å². The Bertz CT molecular complexity index is 672. The van der Waals surface area contributed by atoms with Crippen LogP contribution in [-0.4, -0.2) is 60.8 Å². The lowest BCUT2D eigenvalue weighted by molar-refractivity contribution is 0.0398. The van der Waals surface area contributed by atoms with Gasteiger partial charge in [0.2, 0.25) is 5.95 Å². The molecule has 0 bridgehead atoms. The predicted molar refractivity (Wildman–Crippen MR) is 94.9 cm³/mol. The minimum atomic E-state index is 0.733. The number of hydrogen-bond donors (Lipinski definition) is 1. The molecule has 6 nitrogen and oxygen atoms in total. The molecule has 0 saturated carbocycles. The van der Waals surface area contributed by atoms with Gasteiger partial charge in [-0.15, -0.1) is 0 Å². The molecule has 0 unspecified atom stereocenters. The second-order valence-electron chi connectivity index (χ2n) is 6.14. The maximum absolute atomic E-state index is 5.37. The van der Waals surface area contributed by atoms with Crippen LogP contribution in [0.5, 0.6) is 0 Å². The summed E-state index contributed by atoms with van der Waals surface area (Å²) in [4.78, 5) is 13.9. The molecule has 6 heteroatoms. The molecule has 0 spiro atoms. The quantitative estimate of drug-likeness (QED) is 0.906. The van der Waals surface area contributed by atoms with Crippen molar-refractivity contribution in [2.75, 3.05) is 56.2 Å². The van der Waals surface area contributed by atoms with E-state index in [1.165, 1.54) is 5.69 Å². The molecule has 0 atom stereocenters. The SMILES string of the molecule is c1ccc(N2CCc3nc(NCCN4CCOCC4)ncc32)cc1. The minimum absolute atomic E-state index is 0.733. The average molecular weight is 325 g/mol. The van der Waals surface area contributed by atoms with Crippen LogP contribution < -0.4 is 10.2 Å². The van der Waals surface area contributed by atoms with Crippen molar-refractivity contribution in [2.24, 2.45) is 0 Å². The van der Waals surface area contributed by atoms with E-state index in [1.54, 1.807) is 0 Å². The van der Waals surface area contributed by atoms with Gasteiger partial charge >= 0.3 is 0 Å². The van der Waals surface area contributed by atoms with E-state index in [9.17, 15) is 0 Å². The van der Waals surface area contributed by atoms with Gasteiger partial charge in [0.15, 0.2) is 0 Å². The number of nitrogens with one attached hydrogen (secondary N) is 1. The molecule has 24 heavy (non-hydrogen) atoms. The van der Waals surface area contributed by atoms with E-state index in [4.69, 9.17) is 9.72 Å². The molecule has 2 aliphatic rings. The molecule has 126 valence electrons. The standard InChI is InChI=1S/C18H23N5O/c1-2-4-15(5-3-1)23-8-6-16-17(23)14-20-18(21-16)19-7-9-22-10-12-24-13-11-22/h1-5,14H,6-13H2,(H,19,20,21). The first-order valence-corrected chi connectivity index (χ1v) is 8.62. The number of aromatic nitrogens is 2. The molecule has 1 aromatic heterocycles. The Labute approximate surface area is 142 Å². The predicted octanol–water partition coefficient (Wildman–Crippen LogP) is 1.91. The maximum atomic E-state index is 5.37. The van der Waals surface area contributed by atoms with Crippen LogP contribution in [-0.2, 0) is 11.2 Å². The normalized spacial score (nSPS) is 17.8. The highest BCUT2D eigenvalue weighted by Crippen LogP contribution is 2.32. The summed E-state index contributed by atoms with van der Waals surface area (Å²) in [6, 6.07) is 10.4. The highest BCUT2D eigenvalue weighted by Gasteiger charge is 2.22. The molecule has 4 rings (SSSR count). The fourth-order valence-electron chi connectivity index (χ4n) is 3.27. The lowest BCUT2D eigenvalue weighted by atomic mass is 10.3. The zero-order chi connectivity index (χ0) is 16.2. The molecule has 0 amide bonds. The Hall–Kier alpha value is -2.18. The third-order valence-corrected chi connectivity index (χ3v) is 4.59. The third kappa shape index (κ3) is 3.34. The van der Waals surface area contributed by atoms with Gasteiger partial charge in [0, 0.05) is 44.8 Å². The van der Waals surface area contributed by atoms with Gasteiger partial charge in [0.1, 0.15) is 0 Å². The van der Waals surface area contributed by atoms with Crippen molar-refractivity contribution >= 4 is 17.3 Å². The number of fused-ring (bicyclic) bond motifs is 1. The van der Waals surface area contributed by atoms with Crippen molar-refractivity contribution in [1.82, 2.24) is 14.9 Å². The van der Waals surface area contributed by atoms with Crippen molar-refractivity contribution in [3.8, 4) is 0 Å². The van der Waals surface area contributed by atoms with Crippen LogP contribution in [0.4, 0.5) is 17.3 Å². The molecule has 1 fully saturated rings. The number of morpholine rings is 1. The van der Waals surface area contributed by atoms with E-state index in [0.29, 0.717) is 0 Å². The molecule has 3 heterocycles. The largest absolute Gasteiger partial charge is 0.379 e. The van der Waals surface area contributed by atoms with Gasteiger partial charge < -0.3 is 15.0 Å². The number of hydrogen-bond acceptors (Lipinski definition) is 6. The van der Waals surface area contributed by atoms with E-state index in [1.807, 2.05) is 12.3 Å². The summed E-state index contributed by atoms with van der Waals surface area (Å²) in [5.74, 6) is 0.733. The fourth-order valence-corrected chi connectivity index (χ4v) is 3.27. The number of para-hydroxylation sites is 1. The fraction of sp³-hybridized carbons (Fsp3) is 0.444. The van der Waals surface area contributed by atoms with Crippen LogP contribution in [0.15, 0.2) is 36.5 Å². The summed E-state index contributed by atoms with van der Waals surface area (Å²) in [7, 11) is 0. The third-order valence-electron chi connectivity index (χ3n) is 4.59. The Morgan fingerprint density at radius 1 is 1.08 bits per heavy atom. The van der Waals surface area contributed by atoms with E-state index in [2.05, 4.69) is 44.4 Å². The number of nitrogens with zero attached hydrogens (tertiary/aromatic N) is 4. The first kappa shape index (κ1) is 15.4. The summed E-state index contributed by atoms with van der Waals surface area (Å²) in [6.07, 6.45) is 2.91. The molecule has 0 aliphatic carbocycles. The second-order valence-corrected chi connectivity index (χ2v) is 6.14. The van der Waals surface area contributed by atoms with Crippen LogP contribution in [0.25, 0.3) is 0 Å². The van der Waals surface area contributed by atoms with Crippen LogP contribution in [0.2, 0.25) is 0 Å². The molecule has 1 aromatic carbocycles. The van der Waals surface area contributed by atoms with E-state index in [0.717, 1.165) is 69.7 Å². The lowest BCUT2D eigenvalue weighted by Crippen LogP contribution is -2.39. The smallest absolute Gasteiger partial charge is 0.223 e. The van der Waals surface area contributed by atoms with Crippen molar-refractivity contribution in [3.05, 3.63) is 42.2 Å². The van der Waals surface area contributed by atoms with Crippen LogP contribution in [0.1, 0.15) is 5.69 Å². The van der Waals surface area contributed by atoms with Gasteiger partial charge in [-0.1, -0.05) is 18.2 Å². The van der Waals surface area contributed by atoms with Crippen LogP contribution >= 0.6 is 0 Å². The Morgan fingerprint density at radius 3 is 2.75 bits per heavy atom. The van der Waals surface area contributed by atoms with Gasteiger partial charge in [-0.05, 0) is 12.1 Å². The summed E-state index contributed by atoms with van der Waals surface area (Å²) in [5.41, 5.74) is 3.45. The highest BCUT2D eigenvalue weighted by atomic mass is 16.5. The van der Waals surface area contributed by atoms with Crippen LogP contribution in [0, 0.1) is 0 Å². The zero-order valence-electron chi connectivity index (χ0n) is 13.8. The molecule has 1 saturated heterocycles. The molecular weight excluding hydrogens is 302 g/mol. The number of anilines is 3. The van der Waals surface area contributed by atoms with Crippen molar-refractivity contribution in [3.63, 3.8) is 0 Å². The average Bonchev–Trinajstić information content (AvgIpc) is 3.07. The van der Waals surface area contributed by atoms with Gasteiger partial charge in [-0.3, -0.25) is 4.90 Å². The zero-order valence-corrected chi connectivity index (χ0v) is 13.8. The first-order chi connectivity index (χ1) is 11.9. The summed E-state index contributed by atoms with van der Waals surface area (Å²) in [6.45, 7) is 6.53. The van der Waals surface area contributed by atoms with E-state index >= 15 is 0 Å². The Balaban J connectivity index is 1.37. The molecule has 1 N–H and O–H groups in total. The topological polar surface area (TPSA) is 53.5 Å². The van der Waals surface area contributed by atoms with Crippen molar-refractivity contribution in [1.29, 1.82) is 0 Å².